The first kappa shape index (κ1) is 15.2. The van der Waals surface area contributed by atoms with Crippen molar-refractivity contribution in [2.75, 3.05) is 0 Å². The third-order valence-electron chi connectivity index (χ3n) is 8.59. The Kier molecular flexibility index (Phi) is 3.34. The van der Waals surface area contributed by atoms with Crippen molar-refractivity contribution in [2.45, 2.75) is 77.9 Å². The Morgan fingerprint density at radius 3 is 2.64 bits per heavy atom. The number of aliphatic hydroxyl groups is 2. The molecule has 124 valence electrons. The molecule has 8 atom stereocenters. The Morgan fingerprint density at radius 2 is 1.86 bits per heavy atom. The van der Waals surface area contributed by atoms with Crippen molar-refractivity contribution in [3.8, 4) is 0 Å². The summed E-state index contributed by atoms with van der Waals surface area (Å²) in [4.78, 5) is 0. The summed E-state index contributed by atoms with van der Waals surface area (Å²) in [6.07, 6.45) is 9.99. The smallest absolute Gasteiger partial charge is 0.0596 e. The van der Waals surface area contributed by atoms with Gasteiger partial charge in [-0.3, -0.25) is 0 Å². The summed E-state index contributed by atoms with van der Waals surface area (Å²) < 4.78 is 0. The minimum atomic E-state index is -0.131. The maximum Gasteiger partial charge on any atom is 0.0596 e. The second-order valence-corrected chi connectivity index (χ2v) is 9.26. The van der Waals surface area contributed by atoms with Gasteiger partial charge in [0.2, 0.25) is 0 Å². The Balaban J connectivity index is 1.71. The highest BCUT2D eigenvalue weighted by Crippen LogP contribution is 2.65. The fourth-order valence-corrected chi connectivity index (χ4v) is 7.04. The summed E-state index contributed by atoms with van der Waals surface area (Å²) in [6.45, 7) is 7.19. The molecule has 2 nitrogen and oxygen atoms in total. The predicted molar refractivity (Wildman–Crippen MR) is 88.3 cm³/mol. The Labute approximate surface area is 135 Å². The van der Waals surface area contributed by atoms with Crippen LogP contribution < -0.4 is 0 Å². The maximum absolute atomic E-state index is 10.5. The molecule has 0 saturated heterocycles. The van der Waals surface area contributed by atoms with Gasteiger partial charge in [-0.25, -0.2) is 0 Å². The monoisotopic (exact) mass is 304 g/mol. The zero-order chi connectivity index (χ0) is 15.7. The molecule has 4 aliphatic rings. The average molecular weight is 304 g/mol. The molecule has 3 saturated carbocycles. The Bertz CT molecular complexity index is 498. The third-order valence-corrected chi connectivity index (χ3v) is 8.59. The molecular weight excluding hydrogens is 272 g/mol. The summed E-state index contributed by atoms with van der Waals surface area (Å²) in [5, 5.41) is 20.7. The number of aliphatic hydroxyl groups excluding tert-OH is 2. The molecule has 0 amide bonds. The highest BCUT2D eigenvalue weighted by Gasteiger charge is 2.59. The molecular formula is C20H32O2. The van der Waals surface area contributed by atoms with Gasteiger partial charge in [0.05, 0.1) is 12.2 Å². The number of hydrogen-bond acceptors (Lipinski definition) is 2. The van der Waals surface area contributed by atoms with Crippen LogP contribution in [0.15, 0.2) is 11.6 Å². The number of allylic oxidation sites excluding steroid dienone is 1. The van der Waals surface area contributed by atoms with E-state index >= 15 is 0 Å². The van der Waals surface area contributed by atoms with E-state index in [4.69, 9.17) is 0 Å². The van der Waals surface area contributed by atoms with Crippen LogP contribution in [0.3, 0.4) is 0 Å². The van der Waals surface area contributed by atoms with E-state index in [2.05, 4.69) is 26.8 Å². The van der Waals surface area contributed by atoms with E-state index in [9.17, 15) is 10.2 Å². The van der Waals surface area contributed by atoms with Crippen LogP contribution in [0.25, 0.3) is 0 Å². The summed E-state index contributed by atoms with van der Waals surface area (Å²) in [5.74, 6) is 2.79. The van der Waals surface area contributed by atoms with Crippen LogP contribution in [0.1, 0.15) is 65.7 Å². The molecule has 4 rings (SSSR count). The van der Waals surface area contributed by atoms with Crippen LogP contribution in [0.4, 0.5) is 0 Å². The van der Waals surface area contributed by atoms with Gasteiger partial charge in [-0.2, -0.15) is 0 Å². The zero-order valence-electron chi connectivity index (χ0n) is 14.4. The number of rotatable bonds is 0. The van der Waals surface area contributed by atoms with Gasteiger partial charge in [0, 0.05) is 0 Å². The highest BCUT2D eigenvalue weighted by atomic mass is 16.3. The lowest BCUT2D eigenvalue weighted by Crippen LogP contribution is -2.53. The minimum Gasteiger partial charge on any atom is -0.393 e. The fourth-order valence-electron chi connectivity index (χ4n) is 7.04. The molecule has 0 aliphatic heterocycles. The van der Waals surface area contributed by atoms with Crippen LogP contribution >= 0.6 is 0 Å². The molecule has 0 unspecified atom stereocenters. The van der Waals surface area contributed by atoms with Crippen LogP contribution in [0, 0.1) is 34.5 Å². The topological polar surface area (TPSA) is 40.5 Å². The molecule has 0 spiro atoms. The van der Waals surface area contributed by atoms with Gasteiger partial charge < -0.3 is 10.2 Å². The van der Waals surface area contributed by atoms with Crippen molar-refractivity contribution in [3.63, 3.8) is 0 Å². The molecule has 2 heteroatoms. The normalized spacial score (nSPS) is 57.6. The second kappa shape index (κ2) is 4.83. The van der Waals surface area contributed by atoms with Crippen molar-refractivity contribution >= 4 is 0 Å². The van der Waals surface area contributed by atoms with Crippen molar-refractivity contribution < 1.29 is 10.2 Å². The summed E-state index contributed by atoms with van der Waals surface area (Å²) in [7, 11) is 0. The quantitative estimate of drug-likeness (QED) is 0.666. The van der Waals surface area contributed by atoms with E-state index in [1.165, 1.54) is 25.7 Å². The summed E-state index contributed by atoms with van der Waals surface area (Å²) >= 11 is 0. The zero-order valence-corrected chi connectivity index (χ0v) is 14.4. The SMILES string of the molecule is C[C@H]1C[C@@H](O)CC2=CC[C@H]3[C@@H]4CC[C@@H](O)[C@@]4(C)CC[C@@H]3[C@]21C. The Morgan fingerprint density at radius 1 is 1.09 bits per heavy atom. The number of hydrogen-bond donors (Lipinski definition) is 2. The van der Waals surface area contributed by atoms with Gasteiger partial charge in [-0.1, -0.05) is 32.4 Å². The average Bonchev–Trinajstić information content (AvgIpc) is 2.77. The first-order valence-electron chi connectivity index (χ1n) is 9.43. The first-order valence-corrected chi connectivity index (χ1v) is 9.43. The number of fused-ring (bicyclic) bond motifs is 5. The molecule has 0 aromatic rings. The summed E-state index contributed by atoms with van der Waals surface area (Å²) in [5.41, 5.74) is 2.00. The Hall–Kier alpha value is -0.340. The molecule has 3 fully saturated rings. The van der Waals surface area contributed by atoms with E-state index in [0.717, 1.165) is 31.1 Å². The first-order chi connectivity index (χ1) is 10.4. The molecule has 0 radical (unpaired) electrons. The van der Waals surface area contributed by atoms with Crippen LogP contribution in [0.5, 0.6) is 0 Å². The van der Waals surface area contributed by atoms with Crippen molar-refractivity contribution in [3.05, 3.63) is 11.6 Å². The van der Waals surface area contributed by atoms with Crippen LogP contribution in [0.2, 0.25) is 0 Å². The highest BCUT2D eigenvalue weighted by molar-refractivity contribution is 5.26. The second-order valence-electron chi connectivity index (χ2n) is 9.26. The van der Waals surface area contributed by atoms with Gasteiger partial charge in [0.25, 0.3) is 0 Å². The fraction of sp³-hybridized carbons (Fsp3) is 0.900. The van der Waals surface area contributed by atoms with E-state index in [-0.39, 0.29) is 23.0 Å². The molecule has 2 N–H and O–H groups in total. The largest absolute Gasteiger partial charge is 0.393 e. The van der Waals surface area contributed by atoms with E-state index in [1.54, 1.807) is 5.57 Å². The van der Waals surface area contributed by atoms with Crippen LogP contribution in [-0.4, -0.2) is 22.4 Å². The van der Waals surface area contributed by atoms with Crippen molar-refractivity contribution in [2.24, 2.45) is 34.5 Å². The molecule has 0 aromatic heterocycles. The maximum atomic E-state index is 10.5. The molecule has 0 heterocycles. The molecule has 4 aliphatic carbocycles. The van der Waals surface area contributed by atoms with Crippen molar-refractivity contribution in [1.29, 1.82) is 0 Å². The van der Waals surface area contributed by atoms with Crippen LogP contribution in [-0.2, 0) is 0 Å². The lowest BCUT2D eigenvalue weighted by Gasteiger charge is -2.59. The lowest BCUT2D eigenvalue weighted by atomic mass is 9.46. The van der Waals surface area contributed by atoms with Gasteiger partial charge >= 0.3 is 0 Å². The molecule has 22 heavy (non-hydrogen) atoms. The van der Waals surface area contributed by atoms with Gasteiger partial charge in [0.15, 0.2) is 0 Å². The van der Waals surface area contributed by atoms with Crippen molar-refractivity contribution in [1.82, 2.24) is 0 Å². The van der Waals surface area contributed by atoms with E-state index in [0.29, 0.717) is 11.8 Å². The molecule has 0 aromatic carbocycles. The minimum absolute atomic E-state index is 0.0813. The van der Waals surface area contributed by atoms with E-state index < -0.39 is 0 Å². The molecule has 0 bridgehead atoms. The summed E-state index contributed by atoms with van der Waals surface area (Å²) in [6, 6.07) is 0. The lowest BCUT2D eigenvalue weighted by molar-refractivity contribution is -0.0858. The van der Waals surface area contributed by atoms with Gasteiger partial charge in [-0.15, -0.1) is 0 Å². The predicted octanol–water partition coefficient (Wildman–Crippen LogP) is 3.92. The standard InChI is InChI=1S/C20H32O2/c1-12-10-14(21)11-13-4-5-15-16-6-7-18(22)19(16,2)9-8-17(15)20(12,13)3/h4,12,14-18,21-22H,5-11H2,1-3H3/t12-,14+,15-,16-,17-,18+,19-,20-/m0/s1. The van der Waals surface area contributed by atoms with Gasteiger partial charge in [-0.05, 0) is 79.4 Å². The third kappa shape index (κ3) is 1.80. The van der Waals surface area contributed by atoms with E-state index in [1.807, 2.05) is 0 Å². The van der Waals surface area contributed by atoms with Gasteiger partial charge in [0.1, 0.15) is 0 Å².